The molecular formula is C30H50Cl2N2O5. The molecule has 0 aliphatic carbocycles. The van der Waals surface area contributed by atoms with E-state index in [9.17, 15) is 0 Å². The summed E-state index contributed by atoms with van der Waals surface area (Å²) in [5.41, 5.74) is 2.33. The highest BCUT2D eigenvalue weighted by Gasteiger charge is 2.29. The quantitative estimate of drug-likeness (QED) is 0.196. The largest absolute Gasteiger partial charge is 0.493 e. The number of halogens is 2. The Bertz CT molecular complexity index is 936. The minimum Gasteiger partial charge on any atom is -0.493 e. The molecule has 3 atom stereocenters. The smallest absolute Gasteiger partial charge is 0.203 e. The summed E-state index contributed by atoms with van der Waals surface area (Å²) in [6.45, 7) is 10.8. The van der Waals surface area contributed by atoms with Gasteiger partial charge in [0.15, 0.2) is 23.0 Å². The molecule has 0 heterocycles. The van der Waals surface area contributed by atoms with Gasteiger partial charge in [-0.05, 0) is 80.0 Å². The fourth-order valence-corrected chi connectivity index (χ4v) is 4.74. The molecule has 224 valence electrons. The normalized spacial score (nSPS) is 13.0. The first kappa shape index (κ1) is 36.9. The molecule has 7 nitrogen and oxygen atoms in total. The van der Waals surface area contributed by atoms with Crippen molar-refractivity contribution in [3.8, 4) is 28.7 Å². The molecule has 0 fully saturated rings. The van der Waals surface area contributed by atoms with E-state index in [1.54, 1.807) is 35.5 Å². The van der Waals surface area contributed by atoms with Crippen LogP contribution in [0.1, 0.15) is 64.1 Å². The Morgan fingerprint density at radius 2 is 1.33 bits per heavy atom. The highest BCUT2D eigenvalue weighted by molar-refractivity contribution is 5.85. The van der Waals surface area contributed by atoms with Crippen LogP contribution in [0.15, 0.2) is 30.3 Å². The van der Waals surface area contributed by atoms with Crippen LogP contribution >= 0.6 is 24.8 Å². The van der Waals surface area contributed by atoms with Crippen LogP contribution in [0, 0.1) is 11.8 Å². The first-order valence-electron chi connectivity index (χ1n) is 13.3. The second-order valence-electron chi connectivity index (χ2n) is 9.83. The van der Waals surface area contributed by atoms with E-state index in [0.717, 1.165) is 49.4 Å². The lowest BCUT2D eigenvalue weighted by Crippen LogP contribution is -2.37. The molecule has 39 heavy (non-hydrogen) atoms. The average molecular weight is 590 g/mol. The van der Waals surface area contributed by atoms with Gasteiger partial charge in [-0.2, -0.15) is 0 Å². The maximum Gasteiger partial charge on any atom is 0.203 e. The number of hydrogen-bond donors (Lipinski definition) is 2. The number of nitrogens with one attached hydrogen (secondary N) is 2. The van der Waals surface area contributed by atoms with Crippen molar-refractivity contribution in [2.75, 3.05) is 42.1 Å². The molecular weight excluding hydrogens is 539 g/mol. The van der Waals surface area contributed by atoms with E-state index in [4.69, 9.17) is 23.7 Å². The second-order valence-corrected chi connectivity index (χ2v) is 9.83. The zero-order valence-electron chi connectivity index (χ0n) is 25.1. The lowest BCUT2D eigenvalue weighted by Gasteiger charge is -2.34. The Morgan fingerprint density at radius 3 is 1.82 bits per heavy atom. The zero-order chi connectivity index (χ0) is 27.4. The summed E-state index contributed by atoms with van der Waals surface area (Å²) < 4.78 is 27.7. The van der Waals surface area contributed by atoms with Crippen LogP contribution in [0.4, 0.5) is 0 Å². The minimum atomic E-state index is 0. The van der Waals surface area contributed by atoms with Crippen molar-refractivity contribution in [2.24, 2.45) is 11.8 Å². The van der Waals surface area contributed by atoms with Gasteiger partial charge < -0.3 is 34.3 Å². The van der Waals surface area contributed by atoms with Crippen LogP contribution in [0.25, 0.3) is 0 Å². The van der Waals surface area contributed by atoms with Gasteiger partial charge in [0.2, 0.25) is 5.75 Å². The van der Waals surface area contributed by atoms with Gasteiger partial charge in [0.05, 0.1) is 35.5 Å². The van der Waals surface area contributed by atoms with E-state index in [0.29, 0.717) is 35.1 Å². The van der Waals surface area contributed by atoms with E-state index in [1.165, 1.54) is 5.56 Å². The number of hydrogen-bond acceptors (Lipinski definition) is 7. The van der Waals surface area contributed by atoms with E-state index >= 15 is 0 Å². The summed E-state index contributed by atoms with van der Waals surface area (Å²) in [7, 11) is 8.30. The fourth-order valence-electron chi connectivity index (χ4n) is 4.74. The molecule has 0 aliphatic rings. The maximum absolute atomic E-state index is 5.67. The molecule has 0 spiro atoms. The molecule has 2 aromatic carbocycles. The minimum absolute atomic E-state index is 0. The van der Waals surface area contributed by atoms with Crippen LogP contribution < -0.4 is 34.3 Å². The van der Waals surface area contributed by atoms with Gasteiger partial charge >= 0.3 is 0 Å². The summed E-state index contributed by atoms with van der Waals surface area (Å²) in [6, 6.07) is 10.8. The van der Waals surface area contributed by atoms with Crippen LogP contribution in [0.5, 0.6) is 28.7 Å². The van der Waals surface area contributed by atoms with E-state index in [2.05, 4.69) is 56.5 Å². The topological polar surface area (TPSA) is 70.2 Å². The molecule has 2 N–H and O–H groups in total. The van der Waals surface area contributed by atoms with Crippen LogP contribution in [-0.4, -0.2) is 48.1 Å². The van der Waals surface area contributed by atoms with Gasteiger partial charge in [-0.3, -0.25) is 0 Å². The van der Waals surface area contributed by atoms with Gasteiger partial charge in [-0.25, -0.2) is 0 Å². The Labute approximate surface area is 248 Å². The van der Waals surface area contributed by atoms with Crippen molar-refractivity contribution < 1.29 is 23.7 Å². The molecule has 9 heteroatoms. The van der Waals surface area contributed by atoms with Crippen molar-refractivity contribution >= 4 is 24.8 Å². The van der Waals surface area contributed by atoms with E-state index in [1.807, 2.05) is 12.1 Å². The van der Waals surface area contributed by atoms with Crippen molar-refractivity contribution in [1.29, 1.82) is 0 Å². The molecule has 0 aromatic heterocycles. The zero-order valence-corrected chi connectivity index (χ0v) is 26.7. The highest BCUT2D eigenvalue weighted by atomic mass is 35.5. The first-order chi connectivity index (χ1) is 17.8. The van der Waals surface area contributed by atoms with Crippen molar-refractivity contribution in [3.63, 3.8) is 0 Å². The number of rotatable bonds is 17. The third kappa shape index (κ3) is 10.5. The Hall–Kier alpha value is -2.06. The Balaban J connectivity index is 0.00000722. The van der Waals surface area contributed by atoms with E-state index in [-0.39, 0.29) is 30.9 Å². The van der Waals surface area contributed by atoms with Crippen LogP contribution in [-0.2, 0) is 6.54 Å². The van der Waals surface area contributed by atoms with Crippen LogP contribution in [0.3, 0.4) is 0 Å². The molecule has 0 saturated heterocycles. The average Bonchev–Trinajstić information content (AvgIpc) is 2.92. The van der Waals surface area contributed by atoms with Gasteiger partial charge in [0, 0.05) is 18.6 Å². The lowest BCUT2D eigenvalue weighted by molar-refractivity contribution is 0.239. The molecule has 2 aromatic rings. The van der Waals surface area contributed by atoms with Crippen LogP contribution in [0.2, 0.25) is 0 Å². The number of methoxy groups -OCH3 is 5. The Morgan fingerprint density at radius 1 is 0.744 bits per heavy atom. The molecule has 2 rings (SSSR count). The third-order valence-corrected chi connectivity index (χ3v) is 7.08. The number of ether oxygens (including phenoxy) is 5. The predicted molar refractivity (Wildman–Crippen MR) is 165 cm³/mol. The van der Waals surface area contributed by atoms with Crippen molar-refractivity contribution in [1.82, 2.24) is 10.6 Å². The second kappa shape index (κ2) is 19.1. The first-order valence-corrected chi connectivity index (χ1v) is 13.3. The fraction of sp³-hybridized carbons (Fsp3) is 0.600. The summed E-state index contributed by atoms with van der Waals surface area (Å²) >= 11 is 0. The van der Waals surface area contributed by atoms with Crippen molar-refractivity contribution in [3.05, 3.63) is 41.5 Å². The SMILES string of the molecule is CCC(C)NC(c1cc(OC)c(OC)c(OC)c1)C(CCCNCc1ccc(OC)c(OC)c1)C(C)C.Cl.Cl. The standard InChI is InChI=1S/C30H48N2O5.2ClH/c1-10-21(4)32-29(23-17-27(35-7)30(37-9)28(18-23)36-8)24(20(2)3)12-11-15-31-19-22-13-14-25(33-5)26(16-22)34-6;;/h13-14,16-18,20-21,24,29,31-32H,10-12,15,19H2,1-9H3;2*1H. The third-order valence-electron chi connectivity index (χ3n) is 7.08. The highest BCUT2D eigenvalue weighted by Crippen LogP contribution is 2.42. The molecule has 0 bridgehead atoms. The summed E-state index contributed by atoms with van der Waals surface area (Å²) in [4.78, 5) is 0. The lowest BCUT2D eigenvalue weighted by atomic mass is 9.80. The molecule has 0 aliphatic heterocycles. The molecule has 3 unspecified atom stereocenters. The monoisotopic (exact) mass is 588 g/mol. The molecule has 0 saturated carbocycles. The summed E-state index contributed by atoms with van der Waals surface area (Å²) in [5, 5.41) is 7.49. The maximum atomic E-state index is 5.67. The number of benzene rings is 2. The predicted octanol–water partition coefficient (Wildman–Crippen LogP) is 6.84. The molecule has 0 amide bonds. The van der Waals surface area contributed by atoms with E-state index < -0.39 is 0 Å². The van der Waals surface area contributed by atoms with Gasteiger partial charge in [0.25, 0.3) is 0 Å². The summed E-state index contributed by atoms with van der Waals surface area (Å²) in [6.07, 6.45) is 3.21. The van der Waals surface area contributed by atoms with Gasteiger partial charge in [0.1, 0.15) is 0 Å². The molecule has 0 radical (unpaired) electrons. The van der Waals surface area contributed by atoms with Crippen molar-refractivity contribution in [2.45, 2.75) is 65.6 Å². The van der Waals surface area contributed by atoms with Gasteiger partial charge in [-0.15, -0.1) is 24.8 Å². The summed E-state index contributed by atoms with van der Waals surface area (Å²) in [5.74, 6) is 4.42. The Kier molecular flexibility index (Phi) is 18.1. The van der Waals surface area contributed by atoms with Gasteiger partial charge in [-0.1, -0.05) is 26.8 Å².